The molecule has 1 aromatic carbocycles. The second-order valence-corrected chi connectivity index (χ2v) is 5.23. The van der Waals surface area contributed by atoms with E-state index in [-0.39, 0.29) is 0 Å². The van der Waals surface area contributed by atoms with Gasteiger partial charge in [-0.3, -0.25) is 0 Å². The van der Waals surface area contributed by atoms with Crippen molar-refractivity contribution in [3.8, 4) is 5.75 Å². The molecule has 0 saturated carbocycles. The van der Waals surface area contributed by atoms with Crippen LogP contribution in [-0.2, 0) is 25.9 Å². The van der Waals surface area contributed by atoms with E-state index in [9.17, 15) is 0 Å². The Balaban J connectivity index is 1.73. The van der Waals surface area contributed by atoms with Gasteiger partial charge in [0.2, 0.25) is 0 Å². The van der Waals surface area contributed by atoms with Gasteiger partial charge in [0.1, 0.15) is 11.6 Å². The molecule has 0 fully saturated rings. The summed E-state index contributed by atoms with van der Waals surface area (Å²) in [5, 5.41) is 3.38. The highest BCUT2D eigenvalue weighted by molar-refractivity contribution is 5.27. The Bertz CT molecular complexity index is 587. The molecule has 3 rings (SSSR count). The maximum absolute atomic E-state index is 5.19. The van der Waals surface area contributed by atoms with Gasteiger partial charge >= 0.3 is 0 Å². The average molecular weight is 271 g/mol. The highest BCUT2D eigenvalue weighted by Crippen LogP contribution is 2.17. The molecular weight excluding hydrogens is 250 g/mol. The van der Waals surface area contributed by atoms with Crippen LogP contribution in [0.15, 0.2) is 24.3 Å². The van der Waals surface area contributed by atoms with E-state index < -0.39 is 0 Å². The van der Waals surface area contributed by atoms with Gasteiger partial charge in [-0.2, -0.15) is 0 Å². The van der Waals surface area contributed by atoms with Gasteiger partial charge in [0.15, 0.2) is 0 Å². The van der Waals surface area contributed by atoms with Crippen molar-refractivity contribution < 1.29 is 4.74 Å². The number of aromatic nitrogens is 2. The number of benzene rings is 1. The zero-order chi connectivity index (χ0) is 13.9. The molecule has 0 atom stereocenters. The van der Waals surface area contributed by atoms with Crippen molar-refractivity contribution in [1.29, 1.82) is 0 Å². The summed E-state index contributed by atoms with van der Waals surface area (Å²) in [6, 6.07) is 8.32. The number of ether oxygens (including phenoxy) is 1. The smallest absolute Gasteiger partial charge is 0.118 e. The number of nitrogens with zero attached hydrogens (tertiary/aromatic N) is 2. The summed E-state index contributed by atoms with van der Waals surface area (Å²) >= 11 is 0. The number of hydrogen-bond donors (Lipinski definition) is 1. The lowest BCUT2D eigenvalue weighted by Crippen LogP contribution is -2.25. The summed E-state index contributed by atoms with van der Waals surface area (Å²) in [6.45, 7) is 5.07. The SMILES string of the molecule is COc1ccc(CCn2c(C)nc3c2CCNC3)cc1. The molecule has 0 saturated heterocycles. The van der Waals surface area contributed by atoms with Gasteiger partial charge in [-0.1, -0.05) is 12.1 Å². The summed E-state index contributed by atoms with van der Waals surface area (Å²) in [7, 11) is 1.70. The zero-order valence-electron chi connectivity index (χ0n) is 12.1. The third-order valence-corrected chi connectivity index (χ3v) is 3.96. The monoisotopic (exact) mass is 271 g/mol. The fourth-order valence-corrected chi connectivity index (χ4v) is 2.84. The van der Waals surface area contributed by atoms with Gasteiger partial charge in [-0.15, -0.1) is 0 Å². The molecular formula is C16H21N3O. The first-order chi connectivity index (χ1) is 9.78. The number of aryl methyl sites for hydroxylation is 2. The number of methoxy groups -OCH3 is 1. The molecule has 4 heteroatoms. The van der Waals surface area contributed by atoms with E-state index >= 15 is 0 Å². The topological polar surface area (TPSA) is 39.1 Å². The molecule has 1 aliphatic rings. The summed E-state index contributed by atoms with van der Waals surface area (Å²) in [4.78, 5) is 4.67. The van der Waals surface area contributed by atoms with Crippen molar-refractivity contribution in [3.63, 3.8) is 0 Å². The Hall–Kier alpha value is -1.81. The summed E-state index contributed by atoms with van der Waals surface area (Å²) in [5.74, 6) is 2.04. The number of hydrogen-bond acceptors (Lipinski definition) is 3. The predicted molar refractivity (Wildman–Crippen MR) is 79.1 cm³/mol. The Kier molecular flexibility index (Phi) is 3.74. The largest absolute Gasteiger partial charge is 0.497 e. The lowest BCUT2D eigenvalue weighted by Gasteiger charge is -2.16. The van der Waals surface area contributed by atoms with Crippen LogP contribution in [0.4, 0.5) is 0 Å². The second kappa shape index (κ2) is 5.67. The maximum Gasteiger partial charge on any atom is 0.118 e. The van der Waals surface area contributed by atoms with Crippen molar-refractivity contribution in [1.82, 2.24) is 14.9 Å². The van der Waals surface area contributed by atoms with Gasteiger partial charge in [-0.05, 0) is 31.0 Å². The minimum atomic E-state index is 0.908. The highest BCUT2D eigenvalue weighted by Gasteiger charge is 2.17. The van der Waals surface area contributed by atoms with Crippen LogP contribution in [0.2, 0.25) is 0 Å². The van der Waals surface area contributed by atoms with Crippen LogP contribution in [0.5, 0.6) is 5.75 Å². The Morgan fingerprint density at radius 3 is 2.85 bits per heavy atom. The van der Waals surface area contributed by atoms with Crippen LogP contribution in [0.25, 0.3) is 0 Å². The first kappa shape index (κ1) is 13.2. The van der Waals surface area contributed by atoms with Crippen LogP contribution < -0.4 is 10.1 Å². The normalized spacial score (nSPS) is 14.1. The molecule has 4 nitrogen and oxygen atoms in total. The Morgan fingerprint density at radius 1 is 1.30 bits per heavy atom. The fourth-order valence-electron chi connectivity index (χ4n) is 2.84. The molecule has 1 aromatic heterocycles. The Morgan fingerprint density at radius 2 is 2.10 bits per heavy atom. The van der Waals surface area contributed by atoms with Crippen molar-refractivity contribution >= 4 is 0 Å². The van der Waals surface area contributed by atoms with E-state index in [0.717, 1.165) is 44.0 Å². The van der Waals surface area contributed by atoms with Crippen LogP contribution >= 0.6 is 0 Å². The Labute approximate surface area is 119 Å². The summed E-state index contributed by atoms with van der Waals surface area (Å²) < 4.78 is 7.57. The second-order valence-electron chi connectivity index (χ2n) is 5.23. The maximum atomic E-state index is 5.19. The molecule has 0 spiro atoms. The van der Waals surface area contributed by atoms with Crippen molar-refractivity contribution in [2.45, 2.75) is 32.9 Å². The molecule has 1 aliphatic heterocycles. The van der Waals surface area contributed by atoms with E-state index in [1.165, 1.54) is 17.0 Å². The van der Waals surface area contributed by atoms with Crippen LogP contribution in [0, 0.1) is 6.92 Å². The van der Waals surface area contributed by atoms with Crippen molar-refractivity contribution in [2.75, 3.05) is 13.7 Å². The number of nitrogens with one attached hydrogen (secondary N) is 1. The van der Waals surface area contributed by atoms with Gasteiger partial charge in [0.05, 0.1) is 12.8 Å². The van der Waals surface area contributed by atoms with Crippen LogP contribution in [-0.4, -0.2) is 23.2 Å². The number of imidazole rings is 1. The lowest BCUT2D eigenvalue weighted by molar-refractivity contribution is 0.414. The molecule has 0 bridgehead atoms. The van der Waals surface area contributed by atoms with Crippen molar-refractivity contribution in [3.05, 3.63) is 47.0 Å². The standard InChI is InChI=1S/C16H21N3O/c1-12-18-15-11-17-9-7-16(15)19(12)10-8-13-3-5-14(20-2)6-4-13/h3-6,17H,7-11H2,1-2H3. The minimum absolute atomic E-state index is 0.908. The zero-order valence-corrected chi connectivity index (χ0v) is 12.1. The summed E-state index contributed by atoms with van der Waals surface area (Å²) in [6.07, 6.45) is 2.11. The molecule has 106 valence electrons. The first-order valence-corrected chi connectivity index (χ1v) is 7.16. The highest BCUT2D eigenvalue weighted by atomic mass is 16.5. The third-order valence-electron chi connectivity index (χ3n) is 3.96. The van der Waals surface area contributed by atoms with E-state index in [4.69, 9.17) is 4.74 Å². The number of rotatable bonds is 4. The predicted octanol–water partition coefficient (Wildman–Crippen LogP) is 2.09. The van der Waals surface area contributed by atoms with Crippen LogP contribution in [0.1, 0.15) is 22.8 Å². The molecule has 0 radical (unpaired) electrons. The molecule has 2 aromatic rings. The molecule has 0 unspecified atom stereocenters. The van der Waals surface area contributed by atoms with Gasteiger partial charge in [0.25, 0.3) is 0 Å². The van der Waals surface area contributed by atoms with E-state index in [2.05, 4.69) is 33.9 Å². The van der Waals surface area contributed by atoms with E-state index in [1.54, 1.807) is 7.11 Å². The van der Waals surface area contributed by atoms with Crippen LogP contribution in [0.3, 0.4) is 0 Å². The number of fused-ring (bicyclic) bond motifs is 1. The quantitative estimate of drug-likeness (QED) is 0.925. The fraction of sp³-hybridized carbons (Fsp3) is 0.438. The lowest BCUT2D eigenvalue weighted by atomic mass is 10.1. The van der Waals surface area contributed by atoms with Gasteiger partial charge in [0, 0.05) is 31.7 Å². The summed E-state index contributed by atoms with van der Waals surface area (Å²) in [5.41, 5.74) is 3.97. The molecule has 0 amide bonds. The van der Waals surface area contributed by atoms with Gasteiger partial charge < -0.3 is 14.6 Å². The van der Waals surface area contributed by atoms with Gasteiger partial charge in [-0.25, -0.2) is 4.98 Å². The average Bonchev–Trinajstić information content (AvgIpc) is 2.81. The van der Waals surface area contributed by atoms with E-state index in [1.807, 2.05) is 12.1 Å². The third kappa shape index (κ3) is 2.56. The molecule has 20 heavy (non-hydrogen) atoms. The molecule has 0 aliphatic carbocycles. The molecule has 1 N–H and O–H groups in total. The first-order valence-electron chi connectivity index (χ1n) is 7.16. The van der Waals surface area contributed by atoms with Crippen molar-refractivity contribution in [2.24, 2.45) is 0 Å². The van der Waals surface area contributed by atoms with E-state index in [0.29, 0.717) is 0 Å². The molecule has 2 heterocycles. The minimum Gasteiger partial charge on any atom is -0.497 e.